The minimum absolute atomic E-state index is 0.198. The monoisotopic (exact) mass is 422 g/mol. The van der Waals surface area contributed by atoms with E-state index in [-0.39, 0.29) is 18.9 Å². The number of fused-ring (bicyclic) bond motifs is 2. The zero-order valence-corrected chi connectivity index (χ0v) is 16.7. The number of thiophene rings is 1. The molecule has 1 aliphatic heterocycles. The molecule has 0 amide bonds. The first-order chi connectivity index (χ1) is 14.1. The molecule has 3 heterocycles. The van der Waals surface area contributed by atoms with Crippen LogP contribution in [0.4, 0.5) is 5.69 Å². The van der Waals surface area contributed by atoms with Crippen molar-refractivity contribution in [3.8, 4) is 23.1 Å². The molecule has 29 heavy (non-hydrogen) atoms. The third-order valence-electron chi connectivity index (χ3n) is 4.73. The normalized spacial score (nSPS) is 13.7. The van der Waals surface area contributed by atoms with Gasteiger partial charge in [-0.25, -0.2) is 8.42 Å². The third kappa shape index (κ3) is 2.95. The molecular formula is C21H14N2O4S2. The van der Waals surface area contributed by atoms with E-state index >= 15 is 0 Å². The highest BCUT2D eigenvalue weighted by Gasteiger charge is 2.32. The predicted octanol–water partition coefficient (Wildman–Crippen LogP) is 4.62. The Balaban J connectivity index is 1.60. The quantitative estimate of drug-likeness (QED) is 0.481. The molecule has 4 aromatic rings. The van der Waals surface area contributed by atoms with Crippen LogP contribution in [0.5, 0.6) is 5.75 Å². The number of rotatable bonds is 3. The standard InChI is InChI=1S/C21H14N2O4S2/c22-13-16-6-8-18(27-16)14-5-7-19-17(11-14)23(9-10-26-19)29(24,25)21-12-15-3-1-2-4-20(15)28-21/h1-8,11-12H,9-10H2. The van der Waals surface area contributed by atoms with E-state index in [2.05, 4.69) is 0 Å². The summed E-state index contributed by atoms with van der Waals surface area (Å²) < 4.78 is 40.6. The second-order valence-electron chi connectivity index (χ2n) is 6.49. The molecule has 0 saturated carbocycles. The molecule has 144 valence electrons. The molecule has 0 saturated heterocycles. The molecule has 0 radical (unpaired) electrons. The van der Waals surface area contributed by atoms with Gasteiger partial charge in [0.15, 0.2) is 0 Å². The minimum atomic E-state index is -3.75. The van der Waals surface area contributed by atoms with Crippen molar-refractivity contribution in [3.05, 3.63) is 66.4 Å². The average Bonchev–Trinajstić information content (AvgIpc) is 3.40. The van der Waals surface area contributed by atoms with Crippen LogP contribution in [0, 0.1) is 11.3 Å². The number of hydrogen-bond acceptors (Lipinski definition) is 6. The molecule has 0 bridgehead atoms. The van der Waals surface area contributed by atoms with Crippen LogP contribution in [-0.4, -0.2) is 21.6 Å². The van der Waals surface area contributed by atoms with Gasteiger partial charge in [-0.3, -0.25) is 4.31 Å². The highest BCUT2D eigenvalue weighted by Crippen LogP contribution is 2.40. The molecule has 2 aromatic carbocycles. The molecule has 0 spiro atoms. The number of anilines is 1. The third-order valence-corrected chi connectivity index (χ3v) is 8.11. The number of ether oxygens (including phenoxy) is 1. The van der Waals surface area contributed by atoms with E-state index in [1.165, 1.54) is 15.6 Å². The lowest BCUT2D eigenvalue weighted by molar-refractivity contribution is 0.316. The van der Waals surface area contributed by atoms with Gasteiger partial charge in [0.25, 0.3) is 10.0 Å². The summed E-state index contributed by atoms with van der Waals surface area (Å²) >= 11 is 1.25. The van der Waals surface area contributed by atoms with Crippen molar-refractivity contribution < 1.29 is 17.6 Å². The van der Waals surface area contributed by atoms with Gasteiger partial charge < -0.3 is 9.15 Å². The number of nitriles is 1. The summed E-state index contributed by atoms with van der Waals surface area (Å²) in [4.78, 5) is 0. The molecule has 0 atom stereocenters. The van der Waals surface area contributed by atoms with E-state index in [4.69, 9.17) is 14.4 Å². The first kappa shape index (κ1) is 17.8. The fourth-order valence-electron chi connectivity index (χ4n) is 3.34. The van der Waals surface area contributed by atoms with Crippen molar-refractivity contribution in [2.45, 2.75) is 4.21 Å². The second kappa shape index (κ2) is 6.65. The predicted molar refractivity (Wildman–Crippen MR) is 111 cm³/mol. The number of nitrogens with zero attached hydrogens (tertiary/aromatic N) is 2. The van der Waals surface area contributed by atoms with E-state index in [1.807, 2.05) is 30.3 Å². The Kier molecular flexibility index (Phi) is 4.08. The lowest BCUT2D eigenvalue weighted by atomic mass is 10.1. The van der Waals surface area contributed by atoms with Crippen molar-refractivity contribution in [1.82, 2.24) is 0 Å². The maximum atomic E-state index is 13.4. The van der Waals surface area contributed by atoms with E-state index in [0.29, 0.717) is 27.0 Å². The maximum Gasteiger partial charge on any atom is 0.274 e. The van der Waals surface area contributed by atoms with Crippen LogP contribution in [0.1, 0.15) is 5.76 Å². The summed E-state index contributed by atoms with van der Waals surface area (Å²) in [5, 5.41) is 9.88. The maximum absolute atomic E-state index is 13.4. The second-order valence-corrected chi connectivity index (χ2v) is 9.66. The van der Waals surface area contributed by atoms with Gasteiger partial charge in [0.1, 0.15) is 28.4 Å². The number of hydrogen-bond donors (Lipinski definition) is 0. The van der Waals surface area contributed by atoms with Crippen LogP contribution < -0.4 is 9.04 Å². The largest absolute Gasteiger partial charge is 0.489 e. The van der Waals surface area contributed by atoms with Crippen molar-refractivity contribution in [2.75, 3.05) is 17.5 Å². The Morgan fingerprint density at radius 2 is 1.93 bits per heavy atom. The van der Waals surface area contributed by atoms with Gasteiger partial charge in [0, 0.05) is 10.3 Å². The van der Waals surface area contributed by atoms with Crippen LogP contribution in [-0.2, 0) is 10.0 Å². The average molecular weight is 422 g/mol. The highest BCUT2D eigenvalue weighted by atomic mass is 32.2. The molecule has 0 aliphatic carbocycles. The van der Waals surface area contributed by atoms with Crippen LogP contribution in [0.15, 0.2) is 69.3 Å². The summed E-state index contributed by atoms with van der Waals surface area (Å²) in [6, 6.07) is 19.8. The van der Waals surface area contributed by atoms with Gasteiger partial charge in [-0.05, 0) is 47.9 Å². The SMILES string of the molecule is N#Cc1ccc(-c2ccc3c(c2)N(S(=O)(=O)c2cc4ccccc4s2)CCO3)o1. The molecular weight excluding hydrogens is 408 g/mol. The fraction of sp³-hybridized carbons (Fsp3) is 0.0952. The lowest BCUT2D eigenvalue weighted by Gasteiger charge is -2.30. The van der Waals surface area contributed by atoms with E-state index in [0.717, 1.165) is 10.1 Å². The van der Waals surface area contributed by atoms with E-state index in [1.54, 1.807) is 36.4 Å². The number of furan rings is 1. The summed E-state index contributed by atoms with van der Waals surface area (Å²) in [5.74, 6) is 1.19. The lowest BCUT2D eigenvalue weighted by Crippen LogP contribution is -2.37. The molecule has 2 aromatic heterocycles. The first-order valence-corrected chi connectivity index (χ1v) is 11.1. The van der Waals surface area contributed by atoms with Crippen LogP contribution >= 0.6 is 11.3 Å². The van der Waals surface area contributed by atoms with Gasteiger partial charge in [0.2, 0.25) is 5.76 Å². The van der Waals surface area contributed by atoms with Crippen LogP contribution in [0.3, 0.4) is 0 Å². The van der Waals surface area contributed by atoms with Crippen LogP contribution in [0.2, 0.25) is 0 Å². The molecule has 0 N–H and O–H groups in total. The van der Waals surface area contributed by atoms with Gasteiger partial charge in [-0.2, -0.15) is 5.26 Å². The summed E-state index contributed by atoms with van der Waals surface area (Å²) in [7, 11) is -3.75. The number of benzene rings is 2. The molecule has 6 nitrogen and oxygen atoms in total. The van der Waals surface area contributed by atoms with Crippen molar-refractivity contribution in [2.24, 2.45) is 0 Å². The molecule has 5 rings (SSSR count). The number of sulfonamides is 1. The Morgan fingerprint density at radius 1 is 1.07 bits per heavy atom. The van der Waals surface area contributed by atoms with Gasteiger partial charge >= 0.3 is 0 Å². The van der Waals surface area contributed by atoms with E-state index < -0.39 is 10.0 Å². The smallest absolute Gasteiger partial charge is 0.274 e. The van der Waals surface area contributed by atoms with E-state index in [9.17, 15) is 8.42 Å². The summed E-state index contributed by atoms with van der Waals surface area (Å²) in [6.07, 6.45) is 0. The minimum Gasteiger partial charge on any atom is -0.489 e. The molecule has 0 fully saturated rings. The highest BCUT2D eigenvalue weighted by molar-refractivity contribution is 7.95. The van der Waals surface area contributed by atoms with Crippen molar-refractivity contribution in [1.29, 1.82) is 5.26 Å². The summed E-state index contributed by atoms with van der Waals surface area (Å²) in [6.45, 7) is 0.491. The Bertz CT molecular complexity index is 1350. The first-order valence-electron chi connectivity index (χ1n) is 8.85. The fourth-order valence-corrected chi connectivity index (χ4v) is 6.31. The molecule has 8 heteroatoms. The van der Waals surface area contributed by atoms with Crippen molar-refractivity contribution in [3.63, 3.8) is 0 Å². The van der Waals surface area contributed by atoms with Gasteiger partial charge in [-0.1, -0.05) is 18.2 Å². The molecule has 1 aliphatic rings. The Hall–Kier alpha value is -3.28. The zero-order chi connectivity index (χ0) is 20.0. The topological polar surface area (TPSA) is 83.5 Å². The Morgan fingerprint density at radius 3 is 2.72 bits per heavy atom. The zero-order valence-electron chi connectivity index (χ0n) is 15.0. The van der Waals surface area contributed by atoms with Crippen molar-refractivity contribution >= 4 is 37.1 Å². The van der Waals surface area contributed by atoms with Gasteiger partial charge in [-0.15, -0.1) is 11.3 Å². The molecule has 0 unspecified atom stereocenters. The van der Waals surface area contributed by atoms with Crippen LogP contribution in [0.25, 0.3) is 21.4 Å². The van der Waals surface area contributed by atoms with Gasteiger partial charge in [0.05, 0.1) is 12.2 Å². The Labute approximate surface area is 171 Å². The summed E-state index contributed by atoms with van der Waals surface area (Å²) in [5.41, 5.74) is 1.13.